The van der Waals surface area contributed by atoms with Crippen molar-refractivity contribution in [1.29, 1.82) is 0 Å². The summed E-state index contributed by atoms with van der Waals surface area (Å²) in [6.45, 7) is 10.5. The van der Waals surface area contributed by atoms with Gasteiger partial charge in [0.25, 0.3) is 0 Å². The zero-order valence-electron chi connectivity index (χ0n) is 13.6. The summed E-state index contributed by atoms with van der Waals surface area (Å²) in [7, 11) is 4.54. The predicted octanol–water partition coefficient (Wildman–Crippen LogP) is -0.219. The number of fused-ring (bicyclic) bond motifs is 2. The van der Waals surface area contributed by atoms with E-state index in [0.29, 0.717) is 11.6 Å². The van der Waals surface area contributed by atoms with Crippen LogP contribution in [0.15, 0.2) is 0 Å². The fraction of sp³-hybridized carbons (Fsp3) is 1.00. The Bertz CT molecular complexity index is 376. The van der Waals surface area contributed by atoms with E-state index in [1.807, 2.05) is 0 Å². The fourth-order valence-electron chi connectivity index (χ4n) is 5.06. The highest BCUT2D eigenvalue weighted by Gasteiger charge is 2.54. The molecule has 0 bridgehead atoms. The van der Waals surface area contributed by atoms with Crippen LogP contribution in [0.2, 0.25) is 0 Å². The number of ether oxygens (including phenoxy) is 1. The molecule has 0 aliphatic carbocycles. The molecule has 1 atom stereocenters. The molecule has 0 saturated carbocycles. The van der Waals surface area contributed by atoms with Gasteiger partial charge in [-0.2, -0.15) is 0 Å². The van der Waals surface area contributed by atoms with Gasteiger partial charge in [0.15, 0.2) is 0 Å². The average Bonchev–Trinajstić information content (AvgIpc) is 2.45. The topological polar surface area (TPSA) is 22.2 Å². The maximum Gasteiger partial charge on any atom is 0.0635 e. The summed E-state index contributed by atoms with van der Waals surface area (Å²) >= 11 is 0. The van der Waals surface area contributed by atoms with E-state index in [1.54, 1.807) is 0 Å². The van der Waals surface area contributed by atoms with Crippen molar-refractivity contribution in [2.75, 3.05) is 73.1 Å². The van der Waals surface area contributed by atoms with Gasteiger partial charge in [-0.15, -0.1) is 0 Å². The van der Waals surface area contributed by atoms with Crippen molar-refractivity contribution in [2.24, 2.45) is 0 Å². The first-order valence-electron chi connectivity index (χ1n) is 8.62. The molecule has 4 rings (SSSR count). The first kappa shape index (κ1) is 14.4. The minimum atomic E-state index is 0.421. The van der Waals surface area contributed by atoms with Crippen LogP contribution in [-0.4, -0.2) is 110 Å². The first-order valence-corrected chi connectivity index (χ1v) is 8.62. The molecule has 5 heteroatoms. The summed E-state index contributed by atoms with van der Waals surface area (Å²) in [5.41, 5.74) is 0.421. The molecule has 4 aliphatic heterocycles. The summed E-state index contributed by atoms with van der Waals surface area (Å²) in [5, 5.41) is 0. The molecule has 4 aliphatic rings. The van der Waals surface area contributed by atoms with Crippen LogP contribution in [-0.2, 0) is 4.74 Å². The van der Waals surface area contributed by atoms with Crippen molar-refractivity contribution in [3.8, 4) is 0 Å². The maximum absolute atomic E-state index is 5.72. The summed E-state index contributed by atoms with van der Waals surface area (Å²) in [6, 6.07) is 1.45. The second-order valence-corrected chi connectivity index (χ2v) is 7.78. The van der Waals surface area contributed by atoms with E-state index in [-0.39, 0.29) is 0 Å². The summed E-state index contributed by atoms with van der Waals surface area (Å²) in [4.78, 5) is 10.6. The largest absolute Gasteiger partial charge is 0.378 e. The number of likely N-dealkylation sites (tertiary alicyclic amines) is 2. The third-order valence-electron chi connectivity index (χ3n) is 6.12. The lowest BCUT2D eigenvalue weighted by atomic mass is 9.80. The van der Waals surface area contributed by atoms with Gasteiger partial charge in [-0.3, -0.25) is 9.80 Å². The van der Waals surface area contributed by atoms with E-state index in [9.17, 15) is 0 Å². The van der Waals surface area contributed by atoms with Gasteiger partial charge in [0.2, 0.25) is 0 Å². The smallest absolute Gasteiger partial charge is 0.0635 e. The molecular weight excluding hydrogens is 264 g/mol. The molecule has 21 heavy (non-hydrogen) atoms. The summed E-state index contributed by atoms with van der Waals surface area (Å²) in [6.07, 6.45) is 2.71. The van der Waals surface area contributed by atoms with Crippen LogP contribution >= 0.6 is 0 Å². The Morgan fingerprint density at radius 3 is 2.43 bits per heavy atom. The van der Waals surface area contributed by atoms with Crippen LogP contribution < -0.4 is 0 Å². The van der Waals surface area contributed by atoms with E-state index in [2.05, 4.69) is 33.7 Å². The minimum Gasteiger partial charge on any atom is -0.378 e. The highest BCUT2D eigenvalue weighted by atomic mass is 16.5. The van der Waals surface area contributed by atoms with Crippen LogP contribution in [0.1, 0.15) is 12.8 Å². The van der Waals surface area contributed by atoms with Crippen LogP contribution in [0.5, 0.6) is 0 Å². The zero-order chi connectivity index (χ0) is 14.4. The normalized spacial score (nSPS) is 36.6. The molecule has 4 heterocycles. The van der Waals surface area contributed by atoms with E-state index in [4.69, 9.17) is 4.74 Å². The SMILES string of the molecule is CN1CCC(N2CC3(CN(C)C[C@@H]4COCCN43)C2)CC1. The number of hydrogen-bond acceptors (Lipinski definition) is 5. The monoisotopic (exact) mass is 294 g/mol. The van der Waals surface area contributed by atoms with Crippen molar-refractivity contribution in [2.45, 2.75) is 30.5 Å². The third-order valence-corrected chi connectivity index (χ3v) is 6.12. The lowest BCUT2D eigenvalue weighted by Crippen LogP contribution is -2.81. The van der Waals surface area contributed by atoms with Gasteiger partial charge < -0.3 is 14.5 Å². The molecule has 0 amide bonds. The Labute approximate surface area is 128 Å². The molecule has 0 aromatic heterocycles. The number of nitrogens with zero attached hydrogens (tertiary/aromatic N) is 4. The van der Waals surface area contributed by atoms with Crippen LogP contribution in [0.4, 0.5) is 0 Å². The van der Waals surface area contributed by atoms with Crippen molar-refractivity contribution in [3.05, 3.63) is 0 Å². The van der Waals surface area contributed by atoms with Crippen LogP contribution in [0.25, 0.3) is 0 Å². The lowest BCUT2D eigenvalue weighted by Gasteiger charge is -2.64. The average molecular weight is 294 g/mol. The van der Waals surface area contributed by atoms with E-state index in [0.717, 1.165) is 25.8 Å². The van der Waals surface area contributed by atoms with Gasteiger partial charge >= 0.3 is 0 Å². The molecule has 0 unspecified atom stereocenters. The quantitative estimate of drug-likeness (QED) is 0.665. The molecule has 4 saturated heterocycles. The third kappa shape index (κ3) is 2.53. The zero-order valence-corrected chi connectivity index (χ0v) is 13.6. The number of piperidine rings is 1. The molecule has 120 valence electrons. The van der Waals surface area contributed by atoms with Gasteiger partial charge in [0, 0.05) is 44.8 Å². The minimum absolute atomic E-state index is 0.421. The first-order chi connectivity index (χ1) is 10.2. The molecule has 1 spiro atoms. The van der Waals surface area contributed by atoms with Crippen LogP contribution in [0, 0.1) is 0 Å². The number of piperazine rings is 1. The van der Waals surface area contributed by atoms with Crippen molar-refractivity contribution >= 4 is 0 Å². The highest BCUT2D eigenvalue weighted by Crippen LogP contribution is 2.37. The standard InChI is InChI=1S/C16H30N4O/c1-17-5-3-14(4-6-17)19-12-16(13-19)11-18(2)9-15-10-21-8-7-20(15)16/h14-15H,3-13H2,1-2H3/t15-/m1/s1. The Hall–Kier alpha value is -0.200. The molecule has 4 fully saturated rings. The fourth-order valence-corrected chi connectivity index (χ4v) is 5.06. The summed E-state index contributed by atoms with van der Waals surface area (Å²) < 4.78 is 5.72. The van der Waals surface area contributed by atoms with Gasteiger partial charge in [0.05, 0.1) is 18.8 Å². The number of morpholine rings is 1. The van der Waals surface area contributed by atoms with E-state index >= 15 is 0 Å². The molecule has 0 aromatic rings. The summed E-state index contributed by atoms with van der Waals surface area (Å²) in [5.74, 6) is 0. The van der Waals surface area contributed by atoms with Crippen molar-refractivity contribution < 1.29 is 4.74 Å². The van der Waals surface area contributed by atoms with E-state index in [1.165, 1.54) is 52.1 Å². The Morgan fingerprint density at radius 2 is 1.67 bits per heavy atom. The molecule has 5 nitrogen and oxygen atoms in total. The number of hydrogen-bond donors (Lipinski definition) is 0. The number of likely N-dealkylation sites (N-methyl/N-ethyl adjacent to an activating group) is 1. The van der Waals surface area contributed by atoms with Gasteiger partial charge in [-0.1, -0.05) is 0 Å². The second kappa shape index (κ2) is 5.46. The Balaban J connectivity index is 1.41. The number of rotatable bonds is 1. The molecule has 0 radical (unpaired) electrons. The molecule has 0 aromatic carbocycles. The van der Waals surface area contributed by atoms with Gasteiger partial charge in [-0.05, 0) is 40.0 Å². The van der Waals surface area contributed by atoms with Crippen LogP contribution in [0.3, 0.4) is 0 Å². The molecular formula is C16H30N4O. The van der Waals surface area contributed by atoms with Gasteiger partial charge in [-0.25, -0.2) is 0 Å². The van der Waals surface area contributed by atoms with E-state index < -0.39 is 0 Å². The molecule has 0 N–H and O–H groups in total. The predicted molar refractivity (Wildman–Crippen MR) is 83.6 cm³/mol. The Morgan fingerprint density at radius 1 is 0.905 bits per heavy atom. The highest BCUT2D eigenvalue weighted by molar-refractivity contribution is 5.12. The second-order valence-electron chi connectivity index (χ2n) is 7.78. The lowest BCUT2D eigenvalue weighted by molar-refractivity contribution is -0.172. The van der Waals surface area contributed by atoms with Crippen molar-refractivity contribution in [3.63, 3.8) is 0 Å². The van der Waals surface area contributed by atoms with Gasteiger partial charge in [0.1, 0.15) is 0 Å². The Kier molecular flexibility index (Phi) is 3.74. The maximum atomic E-state index is 5.72. The van der Waals surface area contributed by atoms with Crippen molar-refractivity contribution in [1.82, 2.24) is 19.6 Å².